The lowest BCUT2D eigenvalue weighted by molar-refractivity contribution is 0.0696. The molecule has 0 atom stereocenters. The van der Waals surface area contributed by atoms with Crippen molar-refractivity contribution in [3.8, 4) is 17.1 Å². The zero-order valence-electron chi connectivity index (χ0n) is 13.2. The summed E-state index contributed by atoms with van der Waals surface area (Å²) in [5.41, 5.74) is 1.70. The molecule has 0 bridgehead atoms. The molecule has 0 saturated carbocycles. The molecule has 3 aromatic rings. The maximum atomic E-state index is 11.2. The number of aromatic amines is 1. The van der Waals surface area contributed by atoms with Gasteiger partial charge in [-0.15, -0.1) is 0 Å². The minimum Gasteiger partial charge on any atom is -0.496 e. The maximum Gasteiger partial charge on any atom is 0.335 e. The summed E-state index contributed by atoms with van der Waals surface area (Å²) in [5.74, 6) is 0.193. The van der Waals surface area contributed by atoms with Crippen molar-refractivity contribution in [3.63, 3.8) is 0 Å². The molecule has 0 saturated heterocycles. The zero-order chi connectivity index (χ0) is 18.0. The van der Waals surface area contributed by atoms with Gasteiger partial charge >= 0.3 is 5.97 Å². The number of carboxylic acids is 1. The number of H-pyrrole nitrogens is 1. The van der Waals surface area contributed by atoms with E-state index in [0.717, 1.165) is 5.56 Å². The Hall–Kier alpha value is -2.64. The number of nitrogens with zero attached hydrogens (tertiary/aromatic N) is 2. The topological polar surface area (TPSA) is 80.1 Å². The predicted molar refractivity (Wildman–Crippen MR) is 96.9 cm³/mol. The van der Waals surface area contributed by atoms with Gasteiger partial charge in [-0.25, -0.2) is 4.79 Å². The second-order valence-corrected chi connectivity index (χ2v) is 6.11. The molecule has 0 aliphatic carbocycles. The van der Waals surface area contributed by atoms with Gasteiger partial charge in [0.2, 0.25) is 0 Å². The highest BCUT2D eigenvalue weighted by Crippen LogP contribution is 2.31. The highest BCUT2D eigenvalue weighted by molar-refractivity contribution is 7.71. The van der Waals surface area contributed by atoms with Gasteiger partial charge in [0, 0.05) is 5.02 Å². The van der Waals surface area contributed by atoms with E-state index in [1.165, 1.54) is 0 Å². The van der Waals surface area contributed by atoms with Gasteiger partial charge in [-0.3, -0.25) is 9.67 Å². The van der Waals surface area contributed by atoms with Crippen LogP contribution in [0, 0.1) is 4.77 Å². The Morgan fingerprint density at radius 2 is 2.16 bits per heavy atom. The summed E-state index contributed by atoms with van der Waals surface area (Å²) in [6.07, 6.45) is 0. The molecule has 2 N–H and O–H groups in total. The number of aromatic nitrogens is 3. The van der Waals surface area contributed by atoms with Crippen LogP contribution in [0.25, 0.3) is 11.4 Å². The largest absolute Gasteiger partial charge is 0.496 e. The summed E-state index contributed by atoms with van der Waals surface area (Å²) in [7, 11) is 1.56. The Bertz CT molecular complexity index is 997. The number of nitrogens with one attached hydrogen (secondary N) is 1. The van der Waals surface area contributed by atoms with Gasteiger partial charge in [0.25, 0.3) is 0 Å². The summed E-state index contributed by atoms with van der Waals surface area (Å²) in [6, 6.07) is 11.9. The Morgan fingerprint density at radius 1 is 1.36 bits per heavy atom. The summed E-state index contributed by atoms with van der Waals surface area (Å²) in [4.78, 5) is 11.2. The number of ether oxygens (including phenoxy) is 1. The van der Waals surface area contributed by atoms with Crippen LogP contribution in [0.15, 0.2) is 42.5 Å². The molecular formula is C17H14ClN3O3S. The number of aromatic carboxylic acids is 1. The number of carbonyl (C=O) groups is 1. The number of hydrogen-bond acceptors (Lipinski definition) is 4. The van der Waals surface area contributed by atoms with E-state index in [1.54, 1.807) is 48.1 Å². The first kappa shape index (κ1) is 17.2. The third-order valence-electron chi connectivity index (χ3n) is 3.68. The molecule has 128 valence electrons. The quantitative estimate of drug-likeness (QED) is 0.658. The first-order valence-electron chi connectivity index (χ1n) is 7.31. The van der Waals surface area contributed by atoms with Gasteiger partial charge < -0.3 is 9.84 Å². The minimum absolute atomic E-state index is 0.217. The monoisotopic (exact) mass is 375 g/mol. The van der Waals surface area contributed by atoms with Gasteiger partial charge in [0.1, 0.15) is 5.75 Å². The lowest BCUT2D eigenvalue weighted by Crippen LogP contribution is -2.05. The molecule has 3 rings (SSSR count). The van der Waals surface area contributed by atoms with E-state index in [4.69, 9.17) is 33.7 Å². The molecule has 8 heteroatoms. The normalized spacial score (nSPS) is 10.6. The Kier molecular flexibility index (Phi) is 4.87. The van der Waals surface area contributed by atoms with Gasteiger partial charge in [-0.05, 0) is 48.1 Å². The molecule has 0 aliphatic rings. The molecule has 1 aromatic heterocycles. The van der Waals surface area contributed by atoms with Crippen molar-refractivity contribution in [2.24, 2.45) is 0 Å². The zero-order valence-corrected chi connectivity index (χ0v) is 14.8. The highest BCUT2D eigenvalue weighted by Gasteiger charge is 2.15. The number of methoxy groups -OCH3 is 1. The summed E-state index contributed by atoms with van der Waals surface area (Å²) < 4.78 is 7.57. The van der Waals surface area contributed by atoms with Gasteiger partial charge in [-0.2, -0.15) is 5.10 Å². The lowest BCUT2D eigenvalue weighted by atomic mass is 10.1. The summed E-state index contributed by atoms with van der Waals surface area (Å²) >= 11 is 11.4. The number of carboxylic acid groups (broad SMARTS) is 1. The predicted octanol–water partition coefficient (Wildman–Crippen LogP) is 4.02. The van der Waals surface area contributed by atoms with Crippen molar-refractivity contribution in [2.75, 3.05) is 7.11 Å². The van der Waals surface area contributed by atoms with Crippen molar-refractivity contribution >= 4 is 29.8 Å². The molecule has 6 nitrogen and oxygen atoms in total. The molecule has 0 amide bonds. The van der Waals surface area contributed by atoms with Crippen LogP contribution in [0.3, 0.4) is 0 Å². The van der Waals surface area contributed by atoms with Crippen LogP contribution >= 0.6 is 23.8 Å². The van der Waals surface area contributed by atoms with Crippen molar-refractivity contribution in [2.45, 2.75) is 6.54 Å². The average Bonchev–Trinajstić information content (AvgIpc) is 2.95. The van der Waals surface area contributed by atoms with E-state index in [1.807, 2.05) is 6.07 Å². The fraction of sp³-hybridized carbons (Fsp3) is 0.118. The van der Waals surface area contributed by atoms with Crippen LogP contribution in [0.4, 0.5) is 0 Å². The van der Waals surface area contributed by atoms with E-state index in [2.05, 4.69) is 10.2 Å². The van der Waals surface area contributed by atoms with E-state index in [9.17, 15) is 4.79 Å². The SMILES string of the molecule is COc1ccc(Cl)cc1-c1n[nH]c(=S)n1Cc1cccc(C(=O)O)c1. The lowest BCUT2D eigenvalue weighted by Gasteiger charge is -2.11. The van der Waals surface area contributed by atoms with Crippen molar-refractivity contribution in [3.05, 3.63) is 63.4 Å². The Labute approximate surface area is 153 Å². The molecule has 0 fully saturated rings. The van der Waals surface area contributed by atoms with Crippen LogP contribution < -0.4 is 4.74 Å². The van der Waals surface area contributed by atoms with Crippen LogP contribution in [0.5, 0.6) is 5.75 Å². The Balaban J connectivity index is 2.07. The van der Waals surface area contributed by atoms with Crippen LogP contribution in [-0.4, -0.2) is 33.0 Å². The molecule has 0 spiro atoms. The van der Waals surface area contributed by atoms with E-state index < -0.39 is 5.97 Å². The summed E-state index contributed by atoms with van der Waals surface area (Å²) in [6.45, 7) is 0.363. The third-order valence-corrected chi connectivity index (χ3v) is 4.22. The smallest absolute Gasteiger partial charge is 0.335 e. The van der Waals surface area contributed by atoms with Crippen LogP contribution in [0.2, 0.25) is 5.02 Å². The van der Waals surface area contributed by atoms with Crippen molar-refractivity contribution in [1.82, 2.24) is 14.8 Å². The van der Waals surface area contributed by atoms with E-state index in [0.29, 0.717) is 33.5 Å². The number of halogens is 1. The second kappa shape index (κ2) is 7.08. The third kappa shape index (κ3) is 3.57. The van der Waals surface area contributed by atoms with Gasteiger partial charge in [-0.1, -0.05) is 23.7 Å². The first-order chi connectivity index (χ1) is 12.0. The van der Waals surface area contributed by atoms with Crippen LogP contribution in [0.1, 0.15) is 15.9 Å². The van der Waals surface area contributed by atoms with E-state index >= 15 is 0 Å². The molecule has 1 heterocycles. The molecule has 25 heavy (non-hydrogen) atoms. The van der Waals surface area contributed by atoms with Crippen molar-refractivity contribution in [1.29, 1.82) is 0 Å². The second-order valence-electron chi connectivity index (χ2n) is 5.29. The first-order valence-corrected chi connectivity index (χ1v) is 8.09. The Morgan fingerprint density at radius 3 is 2.88 bits per heavy atom. The highest BCUT2D eigenvalue weighted by atomic mass is 35.5. The number of hydrogen-bond donors (Lipinski definition) is 2. The fourth-order valence-electron chi connectivity index (χ4n) is 2.51. The maximum absolute atomic E-state index is 11.2. The minimum atomic E-state index is -0.977. The molecule has 0 aliphatic heterocycles. The summed E-state index contributed by atoms with van der Waals surface area (Å²) in [5, 5.41) is 16.7. The average molecular weight is 376 g/mol. The molecule has 0 unspecified atom stereocenters. The number of benzene rings is 2. The molecule has 2 aromatic carbocycles. The van der Waals surface area contributed by atoms with Crippen LogP contribution in [-0.2, 0) is 6.54 Å². The standard InChI is InChI=1S/C17H14ClN3O3S/c1-24-14-6-5-12(18)8-13(14)15-19-20-17(25)21(15)9-10-3-2-4-11(7-10)16(22)23/h2-8H,9H2,1H3,(H,20,25)(H,22,23). The number of rotatable bonds is 5. The molecular weight excluding hydrogens is 362 g/mol. The molecule has 0 radical (unpaired) electrons. The van der Waals surface area contributed by atoms with E-state index in [-0.39, 0.29) is 5.56 Å². The van der Waals surface area contributed by atoms with Gasteiger partial charge in [0.15, 0.2) is 10.6 Å². The van der Waals surface area contributed by atoms with Crippen molar-refractivity contribution < 1.29 is 14.6 Å². The van der Waals surface area contributed by atoms with Gasteiger partial charge in [0.05, 0.1) is 24.8 Å². The fourth-order valence-corrected chi connectivity index (χ4v) is 2.88.